The van der Waals surface area contributed by atoms with Crippen molar-refractivity contribution >= 4 is 0 Å². The third-order valence-electron chi connectivity index (χ3n) is 3.39. The van der Waals surface area contributed by atoms with Gasteiger partial charge in [-0.1, -0.05) is 19.3 Å². The summed E-state index contributed by atoms with van der Waals surface area (Å²) in [5.74, 6) is 0. The summed E-state index contributed by atoms with van der Waals surface area (Å²) in [6, 6.07) is 0.804. The van der Waals surface area contributed by atoms with Gasteiger partial charge in [-0.2, -0.15) is 0 Å². The number of nitrogens with zero attached hydrogens (tertiary/aromatic N) is 1. The van der Waals surface area contributed by atoms with Crippen LogP contribution < -0.4 is 0 Å². The molecule has 0 atom stereocenters. The Kier molecular flexibility index (Phi) is 3.86. The molecule has 0 aromatic carbocycles. The lowest BCUT2D eigenvalue weighted by molar-refractivity contribution is -0.0189. The topological polar surface area (TPSA) is 3.24 Å². The Bertz CT molecular complexity index is 174. The second-order valence-electron chi connectivity index (χ2n) is 7.00. The van der Waals surface area contributed by atoms with E-state index in [0.29, 0.717) is 11.1 Å². The maximum absolute atomic E-state index is 2.74. The summed E-state index contributed by atoms with van der Waals surface area (Å²) in [5, 5.41) is 0. The average molecular weight is 211 g/mol. The van der Waals surface area contributed by atoms with Crippen LogP contribution in [0.2, 0.25) is 0 Å². The van der Waals surface area contributed by atoms with Crippen LogP contribution in [-0.4, -0.2) is 22.0 Å². The van der Waals surface area contributed by atoms with Gasteiger partial charge in [-0.15, -0.1) is 0 Å². The van der Waals surface area contributed by atoms with E-state index in [0.717, 1.165) is 6.04 Å². The van der Waals surface area contributed by atoms with Crippen LogP contribution in [0, 0.1) is 0 Å². The Hall–Kier alpha value is -0.0400. The van der Waals surface area contributed by atoms with E-state index in [1.165, 1.54) is 32.1 Å². The smallest absolute Gasteiger partial charge is 0.0133 e. The van der Waals surface area contributed by atoms with Crippen molar-refractivity contribution < 1.29 is 0 Å². The van der Waals surface area contributed by atoms with E-state index in [2.05, 4.69) is 46.4 Å². The predicted octanol–water partition coefficient (Wildman–Crippen LogP) is 4.22. The fourth-order valence-electron chi connectivity index (χ4n) is 3.44. The molecule has 0 aliphatic heterocycles. The minimum absolute atomic E-state index is 0.292. The molecule has 0 radical (unpaired) electrons. The third kappa shape index (κ3) is 3.48. The Morgan fingerprint density at radius 2 is 1.13 bits per heavy atom. The first kappa shape index (κ1) is 13.0. The minimum atomic E-state index is 0.292. The van der Waals surface area contributed by atoms with Crippen molar-refractivity contribution in [2.45, 2.75) is 90.8 Å². The highest BCUT2D eigenvalue weighted by atomic mass is 15.3. The minimum Gasteiger partial charge on any atom is -0.291 e. The second-order valence-corrected chi connectivity index (χ2v) is 7.00. The van der Waals surface area contributed by atoms with Crippen LogP contribution in [0.4, 0.5) is 0 Å². The van der Waals surface area contributed by atoms with Gasteiger partial charge in [-0.25, -0.2) is 0 Å². The first-order valence-corrected chi connectivity index (χ1v) is 6.52. The first-order chi connectivity index (χ1) is 6.73. The van der Waals surface area contributed by atoms with E-state index in [-0.39, 0.29) is 0 Å². The van der Waals surface area contributed by atoms with Gasteiger partial charge in [0.2, 0.25) is 0 Å². The monoisotopic (exact) mass is 211 g/mol. The van der Waals surface area contributed by atoms with E-state index in [9.17, 15) is 0 Å². The summed E-state index contributed by atoms with van der Waals surface area (Å²) >= 11 is 0. The van der Waals surface area contributed by atoms with Gasteiger partial charge in [-0.05, 0) is 54.4 Å². The molecule has 0 saturated heterocycles. The van der Waals surface area contributed by atoms with Crippen LogP contribution in [0.1, 0.15) is 73.6 Å². The van der Waals surface area contributed by atoms with Gasteiger partial charge in [0.15, 0.2) is 0 Å². The van der Waals surface area contributed by atoms with Crippen molar-refractivity contribution in [3.05, 3.63) is 0 Å². The molecule has 15 heavy (non-hydrogen) atoms. The Morgan fingerprint density at radius 3 is 1.47 bits per heavy atom. The van der Waals surface area contributed by atoms with Crippen molar-refractivity contribution in [2.75, 3.05) is 0 Å². The molecule has 0 unspecified atom stereocenters. The molecule has 1 fully saturated rings. The van der Waals surface area contributed by atoms with Crippen LogP contribution in [0.15, 0.2) is 0 Å². The first-order valence-electron chi connectivity index (χ1n) is 6.52. The van der Waals surface area contributed by atoms with E-state index >= 15 is 0 Å². The summed E-state index contributed by atoms with van der Waals surface area (Å²) in [5.41, 5.74) is 0.584. The van der Waals surface area contributed by atoms with E-state index in [1.807, 2.05) is 0 Å². The summed E-state index contributed by atoms with van der Waals surface area (Å²) < 4.78 is 0. The quantitative estimate of drug-likeness (QED) is 0.628. The Labute approximate surface area is 96.2 Å². The fourth-order valence-corrected chi connectivity index (χ4v) is 3.44. The fraction of sp³-hybridized carbons (Fsp3) is 1.00. The molecule has 1 saturated carbocycles. The lowest BCUT2D eigenvalue weighted by atomic mass is 9.86. The molecule has 1 nitrogen and oxygen atoms in total. The maximum Gasteiger partial charge on any atom is 0.0133 e. The standard InChI is InChI=1S/C14H29N/c1-13(2,3)15(14(4,5)6)12-10-8-7-9-11-12/h12H,7-11H2,1-6H3. The van der Waals surface area contributed by atoms with Crippen molar-refractivity contribution in [3.63, 3.8) is 0 Å². The molecule has 0 aromatic rings. The number of hydrogen-bond donors (Lipinski definition) is 0. The number of rotatable bonds is 1. The SMILES string of the molecule is CC(C)(C)N(C1CCCCC1)C(C)(C)C. The molecule has 0 spiro atoms. The van der Waals surface area contributed by atoms with Gasteiger partial charge in [0.05, 0.1) is 0 Å². The van der Waals surface area contributed by atoms with Crippen LogP contribution in [0.25, 0.3) is 0 Å². The Balaban J connectivity index is 2.80. The van der Waals surface area contributed by atoms with Gasteiger partial charge >= 0.3 is 0 Å². The zero-order chi connectivity index (χ0) is 11.7. The second kappa shape index (κ2) is 4.45. The van der Waals surface area contributed by atoms with Crippen molar-refractivity contribution in [3.8, 4) is 0 Å². The third-order valence-corrected chi connectivity index (χ3v) is 3.39. The van der Waals surface area contributed by atoms with Crippen LogP contribution >= 0.6 is 0 Å². The van der Waals surface area contributed by atoms with Crippen molar-refractivity contribution in [2.24, 2.45) is 0 Å². The van der Waals surface area contributed by atoms with Gasteiger partial charge < -0.3 is 0 Å². The number of hydrogen-bond acceptors (Lipinski definition) is 1. The van der Waals surface area contributed by atoms with Gasteiger partial charge in [-0.3, -0.25) is 4.90 Å². The normalized spacial score (nSPS) is 21.0. The summed E-state index contributed by atoms with van der Waals surface area (Å²) in [6.45, 7) is 14.1. The molecule has 0 heterocycles. The molecule has 0 aromatic heterocycles. The summed E-state index contributed by atoms with van der Waals surface area (Å²) in [4.78, 5) is 2.74. The largest absolute Gasteiger partial charge is 0.291 e. The van der Waals surface area contributed by atoms with Crippen molar-refractivity contribution in [1.82, 2.24) is 4.90 Å². The molecule has 0 N–H and O–H groups in total. The van der Waals surface area contributed by atoms with E-state index in [4.69, 9.17) is 0 Å². The molecule has 1 heteroatoms. The molecule has 0 amide bonds. The molecule has 1 aliphatic carbocycles. The summed E-state index contributed by atoms with van der Waals surface area (Å²) in [6.07, 6.45) is 7.09. The summed E-state index contributed by atoms with van der Waals surface area (Å²) in [7, 11) is 0. The van der Waals surface area contributed by atoms with Gasteiger partial charge in [0.25, 0.3) is 0 Å². The van der Waals surface area contributed by atoms with E-state index < -0.39 is 0 Å². The zero-order valence-corrected chi connectivity index (χ0v) is 11.6. The maximum atomic E-state index is 2.74. The van der Waals surface area contributed by atoms with Gasteiger partial charge in [0.1, 0.15) is 0 Å². The zero-order valence-electron chi connectivity index (χ0n) is 11.6. The lowest BCUT2D eigenvalue weighted by Crippen LogP contribution is -2.57. The molecule has 1 rings (SSSR count). The predicted molar refractivity (Wildman–Crippen MR) is 68.2 cm³/mol. The van der Waals surface area contributed by atoms with Crippen LogP contribution in [-0.2, 0) is 0 Å². The average Bonchev–Trinajstić information content (AvgIpc) is 2.00. The highest BCUT2D eigenvalue weighted by molar-refractivity contribution is 4.92. The van der Waals surface area contributed by atoms with Crippen LogP contribution in [0.5, 0.6) is 0 Å². The van der Waals surface area contributed by atoms with Crippen LogP contribution in [0.3, 0.4) is 0 Å². The highest BCUT2D eigenvalue weighted by Crippen LogP contribution is 2.34. The van der Waals surface area contributed by atoms with E-state index in [1.54, 1.807) is 0 Å². The molecular weight excluding hydrogens is 182 g/mol. The highest BCUT2D eigenvalue weighted by Gasteiger charge is 2.37. The van der Waals surface area contributed by atoms with Gasteiger partial charge in [0, 0.05) is 17.1 Å². The lowest BCUT2D eigenvalue weighted by Gasteiger charge is -2.51. The Morgan fingerprint density at radius 1 is 0.733 bits per heavy atom. The molecule has 1 aliphatic rings. The molecule has 90 valence electrons. The van der Waals surface area contributed by atoms with Crippen molar-refractivity contribution in [1.29, 1.82) is 0 Å². The molecule has 0 bridgehead atoms. The molecular formula is C14H29N.